The minimum atomic E-state index is -0.397. The van der Waals surface area contributed by atoms with Crippen LogP contribution >= 0.6 is 11.6 Å². The number of hydrogen-bond acceptors (Lipinski definition) is 5. The van der Waals surface area contributed by atoms with Crippen LogP contribution in [0.5, 0.6) is 17.2 Å². The molecular formula is C16H13ClN2O4. The van der Waals surface area contributed by atoms with Crippen molar-refractivity contribution in [2.24, 2.45) is 5.10 Å². The second-order valence-electron chi connectivity index (χ2n) is 4.59. The Labute approximate surface area is 137 Å². The van der Waals surface area contributed by atoms with Crippen LogP contribution in [0.2, 0.25) is 5.02 Å². The highest BCUT2D eigenvalue weighted by molar-refractivity contribution is 6.32. The first-order valence-electron chi connectivity index (χ1n) is 6.82. The van der Waals surface area contributed by atoms with Gasteiger partial charge in [0.2, 0.25) is 6.79 Å². The van der Waals surface area contributed by atoms with E-state index >= 15 is 0 Å². The second-order valence-corrected chi connectivity index (χ2v) is 5.00. The smallest absolute Gasteiger partial charge is 0.277 e. The van der Waals surface area contributed by atoms with Gasteiger partial charge in [-0.25, -0.2) is 5.43 Å². The number of carbonyl (C=O) groups excluding carboxylic acids is 1. The molecule has 0 fully saturated rings. The van der Waals surface area contributed by atoms with Crippen molar-refractivity contribution in [2.75, 3.05) is 13.4 Å². The molecule has 1 aliphatic heterocycles. The van der Waals surface area contributed by atoms with Gasteiger partial charge in [0.15, 0.2) is 18.1 Å². The monoisotopic (exact) mass is 332 g/mol. The van der Waals surface area contributed by atoms with Crippen LogP contribution in [-0.4, -0.2) is 25.5 Å². The third kappa shape index (κ3) is 3.73. The largest absolute Gasteiger partial charge is 0.482 e. The van der Waals surface area contributed by atoms with Crippen LogP contribution in [0.15, 0.2) is 47.6 Å². The summed E-state index contributed by atoms with van der Waals surface area (Å²) in [5.74, 6) is 1.31. The first kappa shape index (κ1) is 15.2. The summed E-state index contributed by atoms with van der Waals surface area (Å²) in [5.41, 5.74) is 3.09. The number of nitrogens with zero attached hydrogens (tertiary/aromatic N) is 1. The Kier molecular flexibility index (Phi) is 4.63. The lowest BCUT2D eigenvalue weighted by Crippen LogP contribution is -2.24. The van der Waals surface area contributed by atoms with Gasteiger partial charge >= 0.3 is 0 Å². The summed E-state index contributed by atoms with van der Waals surface area (Å²) in [5, 5.41) is 4.33. The summed E-state index contributed by atoms with van der Waals surface area (Å²) in [6.45, 7) is -0.00813. The van der Waals surface area contributed by atoms with Gasteiger partial charge in [-0.1, -0.05) is 29.8 Å². The number of benzene rings is 2. The van der Waals surface area contributed by atoms with Crippen molar-refractivity contribution in [2.45, 2.75) is 0 Å². The van der Waals surface area contributed by atoms with E-state index in [0.29, 0.717) is 27.8 Å². The molecule has 23 heavy (non-hydrogen) atoms. The molecule has 0 radical (unpaired) electrons. The summed E-state index contributed by atoms with van der Waals surface area (Å²) in [6, 6.07) is 12.4. The lowest BCUT2D eigenvalue weighted by molar-refractivity contribution is -0.123. The van der Waals surface area contributed by atoms with Crippen LogP contribution in [0.25, 0.3) is 0 Å². The molecular weight excluding hydrogens is 320 g/mol. The van der Waals surface area contributed by atoms with E-state index in [-0.39, 0.29) is 13.4 Å². The lowest BCUT2D eigenvalue weighted by Gasteiger charge is -2.06. The molecule has 0 saturated heterocycles. The molecule has 6 nitrogen and oxygen atoms in total. The molecule has 1 N–H and O–H groups in total. The van der Waals surface area contributed by atoms with E-state index in [1.54, 1.807) is 30.3 Å². The van der Waals surface area contributed by atoms with Crippen molar-refractivity contribution in [3.63, 3.8) is 0 Å². The van der Waals surface area contributed by atoms with Crippen LogP contribution in [0.4, 0.5) is 0 Å². The molecule has 2 aromatic rings. The standard InChI is InChI=1S/C16H13ClN2O4/c17-12-5-1-2-6-13(12)21-9-15(20)19-18-8-11-4-3-7-14-16(11)23-10-22-14/h1-8H,9-10H2,(H,19,20). The number of hydrogen-bond donors (Lipinski definition) is 1. The third-order valence-corrected chi connectivity index (χ3v) is 3.33. The highest BCUT2D eigenvalue weighted by atomic mass is 35.5. The lowest BCUT2D eigenvalue weighted by atomic mass is 10.2. The van der Waals surface area contributed by atoms with Crippen molar-refractivity contribution in [1.82, 2.24) is 5.43 Å². The summed E-state index contributed by atoms with van der Waals surface area (Å²) in [4.78, 5) is 11.7. The van der Waals surface area contributed by atoms with Crippen LogP contribution in [-0.2, 0) is 4.79 Å². The Morgan fingerprint density at radius 3 is 3.00 bits per heavy atom. The van der Waals surface area contributed by atoms with Gasteiger partial charge in [-0.15, -0.1) is 0 Å². The Morgan fingerprint density at radius 1 is 1.26 bits per heavy atom. The number of para-hydroxylation sites is 2. The van der Waals surface area contributed by atoms with E-state index in [1.807, 2.05) is 12.1 Å². The minimum absolute atomic E-state index is 0.179. The average molecular weight is 333 g/mol. The second kappa shape index (κ2) is 7.02. The summed E-state index contributed by atoms with van der Waals surface area (Å²) < 4.78 is 15.9. The highest BCUT2D eigenvalue weighted by Crippen LogP contribution is 2.34. The fourth-order valence-electron chi connectivity index (χ4n) is 1.97. The number of amides is 1. The van der Waals surface area contributed by atoms with Gasteiger partial charge in [0, 0.05) is 5.56 Å². The van der Waals surface area contributed by atoms with E-state index < -0.39 is 5.91 Å². The van der Waals surface area contributed by atoms with E-state index in [0.717, 1.165) is 0 Å². The quantitative estimate of drug-likeness (QED) is 0.675. The number of hydrazone groups is 1. The molecule has 1 amide bonds. The molecule has 1 aliphatic rings. The van der Waals surface area contributed by atoms with Gasteiger partial charge in [-0.05, 0) is 24.3 Å². The molecule has 0 atom stereocenters. The average Bonchev–Trinajstić information content (AvgIpc) is 3.03. The number of halogens is 1. The zero-order valence-corrected chi connectivity index (χ0v) is 12.7. The molecule has 0 saturated carbocycles. The Bertz CT molecular complexity index is 749. The summed E-state index contributed by atoms with van der Waals surface area (Å²) in [7, 11) is 0. The van der Waals surface area contributed by atoms with Gasteiger partial charge in [-0.3, -0.25) is 4.79 Å². The predicted molar refractivity (Wildman–Crippen MR) is 85.2 cm³/mol. The van der Waals surface area contributed by atoms with Crippen molar-refractivity contribution in [3.8, 4) is 17.2 Å². The maximum atomic E-state index is 11.7. The van der Waals surface area contributed by atoms with Crippen molar-refractivity contribution >= 4 is 23.7 Å². The molecule has 7 heteroatoms. The molecule has 2 aromatic carbocycles. The molecule has 0 unspecified atom stereocenters. The fourth-order valence-corrected chi connectivity index (χ4v) is 2.16. The maximum absolute atomic E-state index is 11.7. The number of nitrogens with one attached hydrogen (secondary N) is 1. The van der Waals surface area contributed by atoms with Crippen molar-refractivity contribution in [1.29, 1.82) is 0 Å². The zero-order chi connectivity index (χ0) is 16.1. The number of carbonyl (C=O) groups is 1. The maximum Gasteiger partial charge on any atom is 0.277 e. The molecule has 0 bridgehead atoms. The number of ether oxygens (including phenoxy) is 3. The van der Waals surface area contributed by atoms with E-state index in [2.05, 4.69) is 10.5 Å². The highest BCUT2D eigenvalue weighted by Gasteiger charge is 2.15. The summed E-state index contributed by atoms with van der Waals surface area (Å²) in [6.07, 6.45) is 1.49. The third-order valence-electron chi connectivity index (χ3n) is 3.02. The topological polar surface area (TPSA) is 69.2 Å². The van der Waals surface area contributed by atoms with E-state index in [4.69, 9.17) is 25.8 Å². The van der Waals surface area contributed by atoms with E-state index in [9.17, 15) is 4.79 Å². The molecule has 0 aliphatic carbocycles. The molecule has 3 rings (SSSR count). The fraction of sp³-hybridized carbons (Fsp3) is 0.125. The van der Waals surface area contributed by atoms with Crippen molar-refractivity contribution in [3.05, 3.63) is 53.1 Å². The molecule has 0 aromatic heterocycles. The zero-order valence-electron chi connectivity index (χ0n) is 12.0. The van der Waals surface area contributed by atoms with Gasteiger partial charge in [0.1, 0.15) is 5.75 Å². The van der Waals surface area contributed by atoms with Gasteiger partial charge in [0.25, 0.3) is 5.91 Å². The minimum Gasteiger partial charge on any atom is -0.482 e. The first-order chi connectivity index (χ1) is 11.2. The van der Waals surface area contributed by atoms with Crippen LogP contribution in [0.1, 0.15) is 5.56 Å². The predicted octanol–water partition coefficient (Wildman–Crippen LogP) is 2.60. The van der Waals surface area contributed by atoms with Gasteiger partial charge in [-0.2, -0.15) is 5.10 Å². The normalized spacial score (nSPS) is 12.4. The molecule has 1 heterocycles. The van der Waals surface area contributed by atoms with Crippen LogP contribution < -0.4 is 19.6 Å². The van der Waals surface area contributed by atoms with Gasteiger partial charge < -0.3 is 14.2 Å². The Morgan fingerprint density at radius 2 is 2.13 bits per heavy atom. The van der Waals surface area contributed by atoms with Gasteiger partial charge in [0.05, 0.1) is 11.2 Å². The molecule has 118 valence electrons. The summed E-state index contributed by atoms with van der Waals surface area (Å²) >= 11 is 5.93. The number of rotatable bonds is 5. The van der Waals surface area contributed by atoms with Crippen LogP contribution in [0.3, 0.4) is 0 Å². The Hall–Kier alpha value is -2.73. The molecule has 0 spiro atoms. The Balaban J connectivity index is 1.53. The SMILES string of the molecule is O=C(COc1ccccc1Cl)NN=Cc1cccc2c1OCO2. The van der Waals surface area contributed by atoms with E-state index in [1.165, 1.54) is 6.21 Å². The first-order valence-corrected chi connectivity index (χ1v) is 7.19. The number of fused-ring (bicyclic) bond motifs is 1. The van der Waals surface area contributed by atoms with Crippen molar-refractivity contribution < 1.29 is 19.0 Å². The van der Waals surface area contributed by atoms with Crippen LogP contribution in [0, 0.1) is 0 Å².